The van der Waals surface area contributed by atoms with Crippen molar-refractivity contribution in [3.63, 3.8) is 0 Å². The topological polar surface area (TPSA) is 58.3 Å². The minimum atomic E-state index is 0.509. The molecular formula is C10H16BrN5. The number of nitrogens with zero attached hydrogens (tertiary/aromatic N) is 4. The molecule has 1 aromatic heterocycles. The van der Waals surface area contributed by atoms with E-state index in [4.69, 9.17) is 5.73 Å². The van der Waals surface area contributed by atoms with E-state index in [2.05, 4.69) is 42.6 Å². The van der Waals surface area contributed by atoms with Crippen LogP contribution in [-0.2, 0) is 0 Å². The third-order valence-electron chi connectivity index (χ3n) is 2.81. The zero-order valence-corrected chi connectivity index (χ0v) is 10.9. The first-order valence-electron chi connectivity index (χ1n) is 5.46. The first-order valence-corrected chi connectivity index (χ1v) is 6.25. The van der Waals surface area contributed by atoms with Gasteiger partial charge in [0.1, 0.15) is 10.4 Å². The molecule has 0 amide bonds. The van der Waals surface area contributed by atoms with Crippen LogP contribution in [0, 0.1) is 0 Å². The number of nitrogens with two attached hydrogens (primary N) is 1. The van der Waals surface area contributed by atoms with Gasteiger partial charge >= 0.3 is 0 Å². The van der Waals surface area contributed by atoms with Gasteiger partial charge in [0.2, 0.25) is 5.95 Å². The molecule has 0 radical (unpaired) electrons. The number of piperazine rings is 1. The monoisotopic (exact) mass is 285 g/mol. The molecule has 0 aromatic carbocycles. The van der Waals surface area contributed by atoms with Crippen LogP contribution in [0.4, 0.5) is 11.8 Å². The maximum atomic E-state index is 5.70. The van der Waals surface area contributed by atoms with Gasteiger partial charge in [-0.3, -0.25) is 0 Å². The summed E-state index contributed by atoms with van der Waals surface area (Å²) in [6, 6.07) is 1.71. The fourth-order valence-electron chi connectivity index (χ4n) is 1.83. The number of anilines is 2. The van der Waals surface area contributed by atoms with E-state index in [0.29, 0.717) is 5.82 Å². The van der Waals surface area contributed by atoms with Crippen LogP contribution in [-0.4, -0.2) is 47.6 Å². The summed E-state index contributed by atoms with van der Waals surface area (Å²) in [5.41, 5.74) is 5.70. The largest absolute Gasteiger partial charge is 0.383 e. The molecule has 2 N–H and O–H groups in total. The van der Waals surface area contributed by atoms with Crippen LogP contribution in [0.15, 0.2) is 10.7 Å². The van der Waals surface area contributed by atoms with Gasteiger partial charge in [-0.15, -0.1) is 0 Å². The lowest BCUT2D eigenvalue weighted by Crippen LogP contribution is -2.46. The first-order chi connectivity index (χ1) is 7.69. The number of aromatic nitrogens is 2. The van der Waals surface area contributed by atoms with Crippen LogP contribution in [0.3, 0.4) is 0 Å². The number of halogens is 1. The van der Waals surface area contributed by atoms with Gasteiger partial charge in [0.25, 0.3) is 0 Å². The van der Waals surface area contributed by atoms with Gasteiger partial charge in [-0.2, -0.15) is 4.98 Å². The second-order valence-corrected chi connectivity index (χ2v) is 4.65. The predicted octanol–water partition coefficient (Wildman–Crippen LogP) is 0.963. The summed E-state index contributed by atoms with van der Waals surface area (Å²) < 4.78 is 0.743. The average Bonchev–Trinajstić information content (AvgIpc) is 2.28. The van der Waals surface area contributed by atoms with E-state index >= 15 is 0 Å². The van der Waals surface area contributed by atoms with Crippen LogP contribution in [0.25, 0.3) is 0 Å². The lowest BCUT2D eigenvalue weighted by atomic mass is 10.3. The summed E-state index contributed by atoms with van der Waals surface area (Å²) in [4.78, 5) is 13.2. The van der Waals surface area contributed by atoms with Crippen molar-refractivity contribution < 1.29 is 0 Å². The molecule has 1 aliphatic heterocycles. The van der Waals surface area contributed by atoms with E-state index in [1.54, 1.807) is 6.07 Å². The summed E-state index contributed by atoms with van der Waals surface area (Å²) in [6.45, 7) is 7.34. The summed E-state index contributed by atoms with van der Waals surface area (Å²) in [6.07, 6.45) is 0. The summed E-state index contributed by atoms with van der Waals surface area (Å²) in [5.74, 6) is 1.23. The molecule has 6 heteroatoms. The van der Waals surface area contributed by atoms with Gasteiger partial charge in [0, 0.05) is 32.2 Å². The van der Waals surface area contributed by atoms with Crippen molar-refractivity contribution in [2.24, 2.45) is 0 Å². The Hall–Kier alpha value is -0.880. The van der Waals surface area contributed by atoms with Crippen LogP contribution in [0.5, 0.6) is 0 Å². The first kappa shape index (κ1) is 11.6. The smallest absolute Gasteiger partial charge is 0.228 e. The van der Waals surface area contributed by atoms with E-state index in [1.165, 1.54) is 0 Å². The molecule has 1 fully saturated rings. The fraction of sp³-hybridized carbons (Fsp3) is 0.600. The van der Waals surface area contributed by atoms with Crippen LogP contribution in [0.2, 0.25) is 0 Å². The molecule has 1 saturated heterocycles. The number of rotatable bonds is 2. The minimum absolute atomic E-state index is 0.509. The third-order valence-corrected chi connectivity index (χ3v) is 3.21. The van der Waals surface area contributed by atoms with Crippen molar-refractivity contribution >= 4 is 27.7 Å². The van der Waals surface area contributed by atoms with Gasteiger partial charge < -0.3 is 15.5 Å². The minimum Gasteiger partial charge on any atom is -0.383 e. The molecule has 2 rings (SSSR count). The van der Waals surface area contributed by atoms with E-state index in [-0.39, 0.29) is 0 Å². The summed E-state index contributed by atoms with van der Waals surface area (Å²) in [7, 11) is 0. The quantitative estimate of drug-likeness (QED) is 0.821. The maximum Gasteiger partial charge on any atom is 0.228 e. The van der Waals surface area contributed by atoms with Crippen LogP contribution >= 0.6 is 15.9 Å². The van der Waals surface area contributed by atoms with Crippen molar-refractivity contribution in [3.8, 4) is 0 Å². The van der Waals surface area contributed by atoms with Crippen molar-refractivity contribution in [3.05, 3.63) is 10.7 Å². The molecule has 0 spiro atoms. The molecule has 0 aliphatic carbocycles. The predicted molar refractivity (Wildman–Crippen MR) is 68.5 cm³/mol. The lowest BCUT2D eigenvalue weighted by molar-refractivity contribution is 0.270. The van der Waals surface area contributed by atoms with Gasteiger partial charge in [-0.25, -0.2) is 4.98 Å². The molecule has 2 heterocycles. The van der Waals surface area contributed by atoms with Gasteiger partial charge in [-0.1, -0.05) is 6.92 Å². The molecule has 1 aromatic rings. The molecule has 0 unspecified atom stereocenters. The van der Waals surface area contributed by atoms with E-state index in [0.717, 1.165) is 43.3 Å². The highest BCUT2D eigenvalue weighted by atomic mass is 79.9. The average molecular weight is 286 g/mol. The molecule has 5 nitrogen and oxygen atoms in total. The Labute approximate surface area is 104 Å². The van der Waals surface area contributed by atoms with Crippen molar-refractivity contribution in [1.82, 2.24) is 14.9 Å². The zero-order chi connectivity index (χ0) is 11.5. The molecule has 88 valence electrons. The van der Waals surface area contributed by atoms with Gasteiger partial charge in [-0.05, 0) is 22.5 Å². The van der Waals surface area contributed by atoms with E-state index < -0.39 is 0 Å². The molecule has 1 aliphatic rings. The fourth-order valence-corrected chi connectivity index (χ4v) is 2.22. The Morgan fingerprint density at radius 1 is 1.31 bits per heavy atom. The highest BCUT2D eigenvalue weighted by Crippen LogP contribution is 2.17. The summed E-state index contributed by atoms with van der Waals surface area (Å²) in [5, 5.41) is 0. The molecule has 0 atom stereocenters. The maximum absolute atomic E-state index is 5.70. The molecular weight excluding hydrogens is 270 g/mol. The Morgan fingerprint density at radius 3 is 2.56 bits per heavy atom. The standard InChI is InChI=1S/C10H16BrN5/c1-2-15-3-5-16(6-4-15)10-13-8(11)7-9(12)14-10/h7H,2-6H2,1H3,(H2,12,13,14). The van der Waals surface area contributed by atoms with Crippen LogP contribution < -0.4 is 10.6 Å². The van der Waals surface area contributed by atoms with Gasteiger partial charge in [0.05, 0.1) is 0 Å². The normalized spacial score (nSPS) is 17.8. The second kappa shape index (κ2) is 4.97. The highest BCUT2D eigenvalue weighted by Gasteiger charge is 2.18. The zero-order valence-electron chi connectivity index (χ0n) is 9.36. The summed E-state index contributed by atoms with van der Waals surface area (Å²) >= 11 is 3.34. The lowest BCUT2D eigenvalue weighted by Gasteiger charge is -2.34. The van der Waals surface area contributed by atoms with E-state index in [1.807, 2.05) is 0 Å². The van der Waals surface area contributed by atoms with Crippen molar-refractivity contribution in [2.75, 3.05) is 43.4 Å². The second-order valence-electron chi connectivity index (χ2n) is 3.84. The molecule has 0 saturated carbocycles. The number of hydrogen-bond donors (Lipinski definition) is 1. The van der Waals surface area contributed by atoms with Gasteiger partial charge in [0.15, 0.2) is 0 Å². The number of hydrogen-bond acceptors (Lipinski definition) is 5. The molecule has 0 bridgehead atoms. The van der Waals surface area contributed by atoms with E-state index in [9.17, 15) is 0 Å². The number of likely N-dealkylation sites (N-methyl/N-ethyl adjacent to an activating group) is 1. The Morgan fingerprint density at radius 2 is 2.00 bits per heavy atom. The third kappa shape index (κ3) is 2.62. The Kier molecular flexibility index (Phi) is 3.60. The molecule has 16 heavy (non-hydrogen) atoms. The van der Waals surface area contributed by atoms with Crippen molar-refractivity contribution in [2.45, 2.75) is 6.92 Å². The Balaban J connectivity index is 2.08. The number of nitrogen functional groups attached to an aromatic ring is 1. The Bertz CT molecular complexity index is 342. The SMILES string of the molecule is CCN1CCN(c2nc(N)cc(Br)n2)CC1. The highest BCUT2D eigenvalue weighted by molar-refractivity contribution is 9.10. The van der Waals surface area contributed by atoms with Crippen LogP contribution in [0.1, 0.15) is 6.92 Å². The van der Waals surface area contributed by atoms with Crippen molar-refractivity contribution in [1.29, 1.82) is 0 Å².